The van der Waals surface area contributed by atoms with E-state index >= 15 is 0 Å². The highest BCUT2D eigenvalue weighted by atomic mass is 16.2. The van der Waals surface area contributed by atoms with Crippen LogP contribution in [0, 0.1) is 0 Å². The van der Waals surface area contributed by atoms with Crippen LogP contribution in [0.4, 0.5) is 0 Å². The molecule has 108 valence electrons. The van der Waals surface area contributed by atoms with E-state index in [-0.39, 0.29) is 5.91 Å². The van der Waals surface area contributed by atoms with Gasteiger partial charge in [0.05, 0.1) is 5.56 Å². The molecule has 2 rings (SSSR count). The molecule has 21 heavy (non-hydrogen) atoms. The Balaban J connectivity index is 2.49. The Morgan fingerprint density at radius 1 is 1.10 bits per heavy atom. The lowest BCUT2D eigenvalue weighted by molar-refractivity contribution is 0.0792. The Kier molecular flexibility index (Phi) is 4.77. The van der Waals surface area contributed by atoms with Gasteiger partial charge in [0.25, 0.3) is 5.91 Å². The SMILES string of the molecule is C=CCN(CC=C)C(=O)c1cn(CC=C)c2ccccc12. The third-order valence-corrected chi connectivity index (χ3v) is 3.33. The fourth-order valence-corrected chi connectivity index (χ4v) is 2.43. The fraction of sp³-hybridized carbons (Fsp3) is 0.167. The molecule has 0 unspecified atom stereocenters. The monoisotopic (exact) mass is 280 g/mol. The molecule has 1 aromatic carbocycles. The van der Waals surface area contributed by atoms with Gasteiger partial charge >= 0.3 is 0 Å². The molecule has 2 aromatic rings. The molecule has 1 heterocycles. The van der Waals surface area contributed by atoms with Crippen LogP contribution in [-0.4, -0.2) is 28.5 Å². The smallest absolute Gasteiger partial charge is 0.256 e. The minimum atomic E-state index is -0.00573. The second kappa shape index (κ2) is 6.75. The van der Waals surface area contributed by atoms with Crippen molar-refractivity contribution in [2.24, 2.45) is 0 Å². The van der Waals surface area contributed by atoms with Crippen molar-refractivity contribution in [3.05, 3.63) is 74.0 Å². The van der Waals surface area contributed by atoms with E-state index in [0.29, 0.717) is 25.2 Å². The zero-order valence-corrected chi connectivity index (χ0v) is 12.2. The van der Waals surface area contributed by atoms with Crippen LogP contribution in [-0.2, 0) is 6.54 Å². The van der Waals surface area contributed by atoms with E-state index in [2.05, 4.69) is 19.7 Å². The summed E-state index contributed by atoms with van der Waals surface area (Å²) in [5, 5.41) is 0.961. The molecule has 0 N–H and O–H groups in total. The largest absolute Gasteiger partial charge is 0.343 e. The minimum Gasteiger partial charge on any atom is -0.343 e. The number of carbonyl (C=O) groups excluding carboxylic acids is 1. The van der Waals surface area contributed by atoms with Gasteiger partial charge in [-0.25, -0.2) is 0 Å². The maximum atomic E-state index is 12.7. The number of carbonyl (C=O) groups is 1. The quantitative estimate of drug-likeness (QED) is 0.711. The van der Waals surface area contributed by atoms with E-state index < -0.39 is 0 Å². The summed E-state index contributed by atoms with van der Waals surface area (Å²) in [5.41, 5.74) is 1.74. The third kappa shape index (κ3) is 2.97. The maximum absolute atomic E-state index is 12.7. The summed E-state index contributed by atoms with van der Waals surface area (Å²) >= 11 is 0. The highest BCUT2D eigenvalue weighted by Gasteiger charge is 2.18. The number of hydrogen-bond acceptors (Lipinski definition) is 1. The molecule has 1 aromatic heterocycles. The standard InChI is InChI=1S/C18H20N2O/c1-4-11-19(12-5-2)18(21)16-14-20(13-6-3)17-10-8-7-9-15(16)17/h4-10,14H,1-3,11-13H2. The van der Waals surface area contributed by atoms with Gasteiger partial charge in [-0.05, 0) is 6.07 Å². The first-order valence-corrected chi connectivity index (χ1v) is 6.92. The molecule has 3 heteroatoms. The summed E-state index contributed by atoms with van der Waals surface area (Å²) < 4.78 is 2.04. The average Bonchev–Trinajstić information content (AvgIpc) is 2.86. The number of allylic oxidation sites excluding steroid dienone is 1. The lowest BCUT2D eigenvalue weighted by Gasteiger charge is -2.18. The van der Waals surface area contributed by atoms with Gasteiger partial charge in [-0.3, -0.25) is 4.79 Å². The summed E-state index contributed by atoms with van der Waals surface area (Å²) in [5.74, 6) is -0.00573. The van der Waals surface area contributed by atoms with Gasteiger partial charge in [0.15, 0.2) is 0 Å². The summed E-state index contributed by atoms with van der Waals surface area (Å²) in [6.45, 7) is 12.9. The van der Waals surface area contributed by atoms with Crippen molar-refractivity contribution in [1.29, 1.82) is 0 Å². The number of aromatic nitrogens is 1. The minimum absolute atomic E-state index is 0.00573. The molecular formula is C18H20N2O. The number of para-hydroxylation sites is 1. The predicted octanol–water partition coefficient (Wildman–Crippen LogP) is 3.64. The van der Waals surface area contributed by atoms with Crippen LogP contribution >= 0.6 is 0 Å². The molecule has 0 saturated carbocycles. The number of amides is 1. The summed E-state index contributed by atoms with van der Waals surface area (Å²) in [6.07, 6.45) is 7.18. The van der Waals surface area contributed by atoms with Crippen LogP contribution in [0.3, 0.4) is 0 Å². The Labute approximate surface area is 125 Å². The Hall–Kier alpha value is -2.55. The molecule has 0 bridgehead atoms. The highest BCUT2D eigenvalue weighted by Crippen LogP contribution is 2.23. The van der Waals surface area contributed by atoms with E-state index in [1.807, 2.05) is 41.1 Å². The van der Waals surface area contributed by atoms with Gasteiger partial charge in [-0.1, -0.05) is 36.4 Å². The number of benzene rings is 1. The van der Waals surface area contributed by atoms with Crippen LogP contribution in [0.1, 0.15) is 10.4 Å². The molecule has 3 nitrogen and oxygen atoms in total. The molecule has 0 aliphatic rings. The molecule has 0 fully saturated rings. The van der Waals surface area contributed by atoms with E-state index in [4.69, 9.17) is 0 Å². The molecule has 1 amide bonds. The van der Waals surface area contributed by atoms with Crippen molar-refractivity contribution in [3.8, 4) is 0 Å². The van der Waals surface area contributed by atoms with Crippen LogP contribution < -0.4 is 0 Å². The van der Waals surface area contributed by atoms with E-state index in [1.165, 1.54) is 0 Å². The van der Waals surface area contributed by atoms with Crippen LogP contribution in [0.2, 0.25) is 0 Å². The fourth-order valence-electron chi connectivity index (χ4n) is 2.43. The summed E-state index contributed by atoms with van der Waals surface area (Å²) in [7, 11) is 0. The normalized spacial score (nSPS) is 10.3. The third-order valence-electron chi connectivity index (χ3n) is 3.33. The van der Waals surface area contributed by atoms with Crippen molar-refractivity contribution in [3.63, 3.8) is 0 Å². The van der Waals surface area contributed by atoms with Gasteiger partial charge < -0.3 is 9.47 Å². The summed E-state index contributed by atoms with van der Waals surface area (Å²) in [6, 6.07) is 7.91. The topological polar surface area (TPSA) is 25.2 Å². The van der Waals surface area contributed by atoms with Crippen molar-refractivity contribution in [2.45, 2.75) is 6.54 Å². The van der Waals surface area contributed by atoms with Crippen molar-refractivity contribution < 1.29 is 4.79 Å². The van der Waals surface area contributed by atoms with Gasteiger partial charge in [-0.15, -0.1) is 19.7 Å². The first-order chi connectivity index (χ1) is 10.2. The number of hydrogen-bond donors (Lipinski definition) is 0. The molecule has 0 atom stereocenters. The number of rotatable bonds is 7. The average molecular weight is 280 g/mol. The van der Waals surface area contributed by atoms with E-state index in [0.717, 1.165) is 10.9 Å². The maximum Gasteiger partial charge on any atom is 0.256 e. The second-order valence-corrected chi connectivity index (χ2v) is 4.79. The first kappa shape index (κ1) is 14.9. The summed E-state index contributed by atoms with van der Waals surface area (Å²) in [4.78, 5) is 14.5. The lowest BCUT2D eigenvalue weighted by atomic mass is 10.1. The molecule has 0 radical (unpaired) electrons. The predicted molar refractivity (Wildman–Crippen MR) is 88.4 cm³/mol. The van der Waals surface area contributed by atoms with E-state index in [1.54, 1.807) is 17.1 Å². The van der Waals surface area contributed by atoms with Crippen molar-refractivity contribution in [1.82, 2.24) is 9.47 Å². The van der Waals surface area contributed by atoms with Crippen LogP contribution in [0.25, 0.3) is 10.9 Å². The van der Waals surface area contributed by atoms with Gasteiger partial charge in [0.1, 0.15) is 0 Å². The first-order valence-electron chi connectivity index (χ1n) is 6.92. The second-order valence-electron chi connectivity index (χ2n) is 4.79. The van der Waals surface area contributed by atoms with Crippen molar-refractivity contribution >= 4 is 16.8 Å². The van der Waals surface area contributed by atoms with Gasteiger partial charge in [-0.2, -0.15) is 0 Å². The van der Waals surface area contributed by atoms with E-state index in [9.17, 15) is 4.79 Å². The molecule has 0 aliphatic carbocycles. The molecule has 0 aliphatic heterocycles. The molecule has 0 spiro atoms. The van der Waals surface area contributed by atoms with Crippen LogP contribution in [0.5, 0.6) is 0 Å². The Morgan fingerprint density at radius 2 is 1.76 bits per heavy atom. The molecular weight excluding hydrogens is 260 g/mol. The Morgan fingerprint density at radius 3 is 2.38 bits per heavy atom. The van der Waals surface area contributed by atoms with Crippen molar-refractivity contribution in [2.75, 3.05) is 13.1 Å². The number of nitrogens with zero attached hydrogens (tertiary/aromatic N) is 2. The molecule has 0 saturated heterocycles. The highest BCUT2D eigenvalue weighted by molar-refractivity contribution is 6.07. The van der Waals surface area contributed by atoms with Crippen LogP contribution in [0.15, 0.2) is 68.4 Å². The Bertz CT molecular complexity index is 672. The zero-order chi connectivity index (χ0) is 15.2. The zero-order valence-electron chi connectivity index (χ0n) is 12.2. The lowest BCUT2D eigenvalue weighted by Crippen LogP contribution is -2.31. The van der Waals surface area contributed by atoms with Gasteiger partial charge in [0.2, 0.25) is 0 Å². The number of fused-ring (bicyclic) bond motifs is 1. The van der Waals surface area contributed by atoms with Gasteiger partial charge in [0, 0.05) is 36.7 Å².